The highest BCUT2D eigenvalue weighted by Gasteiger charge is 2.21. The fraction of sp³-hybridized carbons (Fsp3) is 0.647. The van der Waals surface area contributed by atoms with Gasteiger partial charge >= 0.3 is 0 Å². The van der Waals surface area contributed by atoms with Gasteiger partial charge in [0.15, 0.2) is 0 Å². The van der Waals surface area contributed by atoms with Gasteiger partial charge in [0.25, 0.3) is 0 Å². The lowest BCUT2D eigenvalue weighted by atomic mass is 9.86. The predicted octanol–water partition coefficient (Wildman–Crippen LogP) is 3.94. The fourth-order valence-corrected chi connectivity index (χ4v) is 2.96. The molecule has 0 aliphatic heterocycles. The lowest BCUT2D eigenvalue weighted by Crippen LogP contribution is -2.29. The summed E-state index contributed by atoms with van der Waals surface area (Å²) in [4.78, 5) is 0. The standard InChI is InChI=1S/C17H29NO/c1-7-18-17(13(3)8-9-19-6)16-14(4)10-12(2)11-15(16)5/h10-11,13,17-18H,7-9H2,1-6H3. The van der Waals surface area contributed by atoms with Gasteiger partial charge in [-0.15, -0.1) is 0 Å². The Morgan fingerprint density at radius 3 is 2.21 bits per heavy atom. The molecule has 0 amide bonds. The molecule has 19 heavy (non-hydrogen) atoms. The predicted molar refractivity (Wildman–Crippen MR) is 82.7 cm³/mol. The molecule has 0 spiro atoms. The van der Waals surface area contributed by atoms with E-state index in [9.17, 15) is 0 Å². The minimum Gasteiger partial charge on any atom is -0.385 e. The van der Waals surface area contributed by atoms with Gasteiger partial charge in [0.1, 0.15) is 0 Å². The topological polar surface area (TPSA) is 21.3 Å². The summed E-state index contributed by atoms with van der Waals surface area (Å²) in [7, 11) is 1.78. The maximum absolute atomic E-state index is 5.23. The van der Waals surface area contributed by atoms with Crippen molar-refractivity contribution in [2.24, 2.45) is 5.92 Å². The molecule has 1 N–H and O–H groups in total. The number of methoxy groups -OCH3 is 1. The fourth-order valence-electron chi connectivity index (χ4n) is 2.96. The first-order valence-corrected chi connectivity index (χ1v) is 7.31. The normalized spacial score (nSPS) is 14.4. The highest BCUT2D eigenvalue weighted by Crippen LogP contribution is 2.30. The van der Waals surface area contributed by atoms with E-state index in [0.717, 1.165) is 19.6 Å². The Bertz CT molecular complexity index is 377. The van der Waals surface area contributed by atoms with E-state index >= 15 is 0 Å². The van der Waals surface area contributed by atoms with E-state index in [1.165, 1.54) is 22.3 Å². The molecule has 2 unspecified atom stereocenters. The van der Waals surface area contributed by atoms with Gasteiger partial charge in [-0.25, -0.2) is 0 Å². The summed E-state index contributed by atoms with van der Waals surface area (Å²) < 4.78 is 5.23. The largest absolute Gasteiger partial charge is 0.385 e. The van der Waals surface area contributed by atoms with Gasteiger partial charge in [-0.3, -0.25) is 0 Å². The number of rotatable bonds is 7. The van der Waals surface area contributed by atoms with Crippen molar-refractivity contribution in [2.45, 2.75) is 47.1 Å². The molecule has 0 bridgehead atoms. The molecule has 0 aromatic heterocycles. The smallest absolute Gasteiger partial charge is 0.0465 e. The average Bonchev–Trinajstić information content (AvgIpc) is 2.33. The van der Waals surface area contributed by atoms with Crippen LogP contribution in [0.3, 0.4) is 0 Å². The summed E-state index contributed by atoms with van der Waals surface area (Å²) in [6.45, 7) is 12.9. The second-order valence-corrected chi connectivity index (χ2v) is 5.61. The van der Waals surface area contributed by atoms with Crippen LogP contribution in [-0.4, -0.2) is 20.3 Å². The molecular weight excluding hydrogens is 234 g/mol. The van der Waals surface area contributed by atoms with E-state index < -0.39 is 0 Å². The molecule has 0 heterocycles. The van der Waals surface area contributed by atoms with E-state index in [0.29, 0.717) is 12.0 Å². The van der Waals surface area contributed by atoms with Crippen LogP contribution in [0.1, 0.15) is 48.6 Å². The van der Waals surface area contributed by atoms with E-state index in [1.54, 1.807) is 7.11 Å². The van der Waals surface area contributed by atoms with Crippen molar-refractivity contribution in [1.82, 2.24) is 5.32 Å². The van der Waals surface area contributed by atoms with Crippen LogP contribution in [0.4, 0.5) is 0 Å². The molecule has 2 nitrogen and oxygen atoms in total. The van der Waals surface area contributed by atoms with Crippen LogP contribution < -0.4 is 5.32 Å². The van der Waals surface area contributed by atoms with Crippen LogP contribution in [0.5, 0.6) is 0 Å². The van der Waals surface area contributed by atoms with Crippen molar-refractivity contribution in [1.29, 1.82) is 0 Å². The number of aryl methyl sites for hydroxylation is 3. The number of nitrogens with one attached hydrogen (secondary N) is 1. The Hall–Kier alpha value is -0.860. The third kappa shape index (κ3) is 4.32. The first-order valence-electron chi connectivity index (χ1n) is 7.31. The highest BCUT2D eigenvalue weighted by molar-refractivity contribution is 5.40. The molecule has 2 atom stereocenters. The average molecular weight is 263 g/mol. The number of benzene rings is 1. The van der Waals surface area contributed by atoms with Gasteiger partial charge in [-0.2, -0.15) is 0 Å². The van der Waals surface area contributed by atoms with Crippen molar-refractivity contribution in [3.05, 3.63) is 34.4 Å². The molecule has 0 fully saturated rings. The lowest BCUT2D eigenvalue weighted by molar-refractivity contribution is 0.170. The number of hydrogen-bond acceptors (Lipinski definition) is 2. The van der Waals surface area contributed by atoms with Crippen LogP contribution in [0, 0.1) is 26.7 Å². The van der Waals surface area contributed by atoms with Crippen LogP contribution in [0.2, 0.25) is 0 Å². The zero-order valence-corrected chi connectivity index (χ0v) is 13.3. The van der Waals surface area contributed by atoms with Crippen molar-refractivity contribution < 1.29 is 4.74 Å². The lowest BCUT2D eigenvalue weighted by Gasteiger charge is -2.28. The van der Waals surface area contributed by atoms with Crippen molar-refractivity contribution >= 4 is 0 Å². The zero-order valence-electron chi connectivity index (χ0n) is 13.3. The van der Waals surface area contributed by atoms with E-state index in [1.807, 2.05) is 0 Å². The summed E-state index contributed by atoms with van der Waals surface area (Å²) in [5.41, 5.74) is 5.61. The molecule has 2 heteroatoms. The molecule has 0 saturated carbocycles. The zero-order chi connectivity index (χ0) is 14.4. The van der Waals surface area contributed by atoms with Crippen molar-refractivity contribution in [2.75, 3.05) is 20.3 Å². The van der Waals surface area contributed by atoms with Crippen molar-refractivity contribution in [3.8, 4) is 0 Å². The Balaban J connectivity index is 3.04. The molecule has 108 valence electrons. The van der Waals surface area contributed by atoms with Gasteiger partial charge in [0.2, 0.25) is 0 Å². The molecule has 1 aromatic rings. The number of ether oxygens (including phenoxy) is 1. The van der Waals surface area contributed by atoms with Gasteiger partial charge < -0.3 is 10.1 Å². The van der Waals surface area contributed by atoms with Gasteiger partial charge in [0, 0.05) is 19.8 Å². The third-order valence-electron chi connectivity index (χ3n) is 3.82. The maximum atomic E-state index is 5.23. The quantitative estimate of drug-likeness (QED) is 0.804. The van der Waals surface area contributed by atoms with Crippen LogP contribution in [0.15, 0.2) is 12.1 Å². The van der Waals surface area contributed by atoms with Crippen LogP contribution in [0.25, 0.3) is 0 Å². The molecule has 0 aliphatic rings. The minimum absolute atomic E-state index is 0.417. The van der Waals surface area contributed by atoms with Gasteiger partial charge in [-0.1, -0.05) is 31.5 Å². The molecule has 1 rings (SSSR count). The third-order valence-corrected chi connectivity index (χ3v) is 3.82. The second-order valence-electron chi connectivity index (χ2n) is 5.61. The Labute approximate surface area is 118 Å². The molecule has 0 radical (unpaired) electrons. The van der Waals surface area contributed by atoms with Gasteiger partial charge in [0.05, 0.1) is 0 Å². The van der Waals surface area contributed by atoms with E-state index in [2.05, 4.69) is 52.1 Å². The summed E-state index contributed by atoms with van der Waals surface area (Å²) in [6.07, 6.45) is 1.08. The van der Waals surface area contributed by atoms with Crippen molar-refractivity contribution in [3.63, 3.8) is 0 Å². The second kappa shape index (κ2) is 7.66. The van der Waals surface area contributed by atoms with Crippen LogP contribution >= 0.6 is 0 Å². The molecule has 0 aliphatic carbocycles. The van der Waals surface area contributed by atoms with Crippen LogP contribution in [-0.2, 0) is 4.74 Å². The summed E-state index contributed by atoms with van der Waals surface area (Å²) >= 11 is 0. The highest BCUT2D eigenvalue weighted by atomic mass is 16.5. The maximum Gasteiger partial charge on any atom is 0.0465 e. The van der Waals surface area contributed by atoms with Gasteiger partial charge in [-0.05, 0) is 56.3 Å². The first-order chi connectivity index (χ1) is 9.01. The Morgan fingerprint density at radius 1 is 1.16 bits per heavy atom. The van der Waals surface area contributed by atoms with E-state index in [-0.39, 0.29) is 0 Å². The Kier molecular flexibility index (Phi) is 6.53. The summed E-state index contributed by atoms with van der Waals surface area (Å²) in [5, 5.41) is 3.65. The van der Waals surface area contributed by atoms with E-state index in [4.69, 9.17) is 4.74 Å². The molecular formula is C17H29NO. The minimum atomic E-state index is 0.417. The SMILES string of the molecule is CCNC(c1c(C)cc(C)cc1C)C(C)CCOC. The molecule has 0 saturated heterocycles. The summed E-state index contributed by atoms with van der Waals surface area (Å²) in [5.74, 6) is 0.569. The number of hydrogen-bond donors (Lipinski definition) is 1. The monoisotopic (exact) mass is 263 g/mol. The summed E-state index contributed by atoms with van der Waals surface area (Å²) in [6, 6.07) is 4.99. The first kappa shape index (κ1) is 16.2. The molecule has 1 aromatic carbocycles. The Morgan fingerprint density at radius 2 is 1.74 bits per heavy atom.